The lowest BCUT2D eigenvalue weighted by atomic mass is 10.0. The Balaban J connectivity index is 1.66. The van der Waals surface area contributed by atoms with Gasteiger partial charge in [0.25, 0.3) is 5.91 Å². The van der Waals surface area contributed by atoms with E-state index in [1.165, 1.54) is 4.90 Å². The van der Waals surface area contributed by atoms with Crippen LogP contribution in [0.5, 0.6) is 0 Å². The summed E-state index contributed by atoms with van der Waals surface area (Å²) in [5.74, 6) is -1.36. The maximum atomic E-state index is 13.7. The van der Waals surface area contributed by atoms with Gasteiger partial charge in [0.1, 0.15) is 6.54 Å². The molecule has 1 saturated heterocycles. The molecule has 216 valence electrons. The van der Waals surface area contributed by atoms with Crippen molar-refractivity contribution < 1.29 is 24.2 Å². The quantitative estimate of drug-likeness (QED) is 0.536. The van der Waals surface area contributed by atoms with Gasteiger partial charge in [0.2, 0.25) is 5.91 Å². The molecular formula is C32H43N3O5. The second kappa shape index (κ2) is 15.0. The van der Waals surface area contributed by atoms with E-state index in [1.54, 1.807) is 13.0 Å². The fraction of sp³-hybridized carbons (Fsp3) is 0.531. The van der Waals surface area contributed by atoms with Gasteiger partial charge in [0, 0.05) is 57.1 Å². The van der Waals surface area contributed by atoms with Crippen molar-refractivity contribution in [2.45, 2.75) is 70.9 Å². The molecule has 2 aliphatic rings. The third kappa shape index (κ3) is 8.38. The molecule has 1 N–H and O–H groups in total. The average Bonchev–Trinajstić information content (AvgIpc) is 2.95. The molecule has 0 aromatic heterocycles. The van der Waals surface area contributed by atoms with E-state index in [4.69, 9.17) is 4.74 Å². The lowest BCUT2D eigenvalue weighted by molar-refractivity contribution is -0.137. The minimum atomic E-state index is -1.04. The van der Waals surface area contributed by atoms with E-state index < -0.39 is 5.97 Å². The molecular weight excluding hydrogens is 506 g/mol. The Labute approximate surface area is 237 Å². The smallest absolute Gasteiger partial charge is 0.323 e. The van der Waals surface area contributed by atoms with Gasteiger partial charge in [0.15, 0.2) is 0 Å². The molecule has 0 aliphatic carbocycles. The summed E-state index contributed by atoms with van der Waals surface area (Å²) in [6.07, 6.45) is 7.97. The summed E-state index contributed by atoms with van der Waals surface area (Å²) in [5.41, 5.74) is 3.28. The number of carboxylic acid groups (broad SMARTS) is 1. The third-order valence-electron chi connectivity index (χ3n) is 8.03. The average molecular weight is 550 g/mol. The van der Waals surface area contributed by atoms with E-state index in [2.05, 4.69) is 4.90 Å². The van der Waals surface area contributed by atoms with E-state index in [0.29, 0.717) is 37.7 Å². The Morgan fingerprint density at radius 1 is 0.950 bits per heavy atom. The molecule has 0 spiro atoms. The van der Waals surface area contributed by atoms with E-state index >= 15 is 0 Å². The second-order valence-electron chi connectivity index (χ2n) is 11.0. The first-order valence-electron chi connectivity index (χ1n) is 14.7. The normalized spacial score (nSPS) is 17.8. The monoisotopic (exact) mass is 549 g/mol. The number of nitrogens with zero attached hydrogens (tertiary/aromatic N) is 3. The topological polar surface area (TPSA) is 90.4 Å². The van der Waals surface area contributed by atoms with E-state index in [1.807, 2.05) is 47.4 Å². The van der Waals surface area contributed by atoms with Crippen LogP contribution in [0.2, 0.25) is 0 Å². The molecule has 2 aromatic carbocycles. The van der Waals surface area contributed by atoms with Gasteiger partial charge >= 0.3 is 5.97 Å². The summed E-state index contributed by atoms with van der Waals surface area (Å²) in [6.45, 7) is 5.28. The van der Waals surface area contributed by atoms with Crippen molar-refractivity contribution in [2.75, 3.05) is 44.3 Å². The highest BCUT2D eigenvalue weighted by Crippen LogP contribution is 2.29. The van der Waals surface area contributed by atoms with Gasteiger partial charge < -0.3 is 19.6 Å². The van der Waals surface area contributed by atoms with Crippen LogP contribution in [0.25, 0.3) is 0 Å². The van der Waals surface area contributed by atoms with Crippen molar-refractivity contribution in [3.05, 3.63) is 65.2 Å². The van der Waals surface area contributed by atoms with E-state index in [0.717, 1.165) is 81.5 Å². The third-order valence-corrected chi connectivity index (χ3v) is 8.03. The molecule has 2 aromatic rings. The molecule has 2 amide bonds. The molecule has 2 heterocycles. The van der Waals surface area contributed by atoms with Crippen molar-refractivity contribution in [2.24, 2.45) is 0 Å². The first-order valence-corrected chi connectivity index (χ1v) is 14.7. The van der Waals surface area contributed by atoms with Crippen LogP contribution >= 0.6 is 0 Å². The van der Waals surface area contributed by atoms with Crippen molar-refractivity contribution >= 4 is 23.5 Å². The van der Waals surface area contributed by atoms with Gasteiger partial charge in [-0.05, 0) is 68.0 Å². The predicted octanol–water partition coefficient (Wildman–Crippen LogP) is 4.75. The summed E-state index contributed by atoms with van der Waals surface area (Å²) in [6, 6.07) is 15.7. The van der Waals surface area contributed by atoms with Crippen LogP contribution in [0.3, 0.4) is 0 Å². The molecule has 0 saturated carbocycles. The molecule has 8 nitrogen and oxygen atoms in total. The van der Waals surface area contributed by atoms with Crippen LogP contribution in [0.1, 0.15) is 73.4 Å². The predicted molar refractivity (Wildman–Crippen MR) is 155 cm³/mol. The van der Waals surface area contributed by atoms with E-state index in [-0.39, 0.29) is 18.4 Å². The van der Waals surface area contributed by atoms with Crippen LogP contribution in [0.4, 0.5) is 5.69 Å². The summed E-state index contributed by atoms with van der Waals surface area (Å²) in [4.78, 5) is 43.9. The van der Waals surface area contributed by atoms with Gasteiger partial charge in [-0.2, -0.15) is 0 Å². The number of anilines is 1. The minimum Gasteiger partial charge on any atom is -0.480 e. The SMILES string of the molecule is CC(=O)N1CCCCCCCN(C2CCOCC2)Cc2cc(C(=O)N(CCc3ccccc3)CC(=O)O)ccc21. The maximum absolute atomic E-state index is 13.7. The summed E-state index contributed by atoms with van der Waals surface area (Å²) in [7, 11) is 0. The fourth-order valence-corrected chi connectivity index (χ4v) is 5.84. The molecule has 0 atom stereocenters. The number of carboxylic acids is 1. The second-order valence-corrected chi connectivity index (χ2v) is 11.0. The molecule has 0 bridgehead atoms. The number of hydrogen-bond donors (Lipinski definition) is 1. The largest absolute Gasteiger partial charge is 0.480 e. The van der Waals surface area contributed by atoms with Gasteiger partial charge in [-0.25, -0.2) is 0 Å². The highest BCUT2D eigenvalue weighted by Gasteiger charge is 2.26. The van der Waals surface area contributed by atoms with Crippen molar-refractivity contribution in [1.29, 1.82) is 0 Å². The number of carbonyl (C=O) groups is 3. The van der Waals surface area contributed by atoms with Crippen LogP contribution < -0.4 is 4.90 Å². The van der Waals surface area contributed by atoms with Crippen molar-refractivity contribution in [3.8, 4) is 0 Å². The fourth-order valence-electron chi connectivity index (χ4n) is 5.84. The molecule has 0 radical (unpaired) electrons. The summed E-state index contributed by atoms with van der Waals surface area (Å²) in [5, 5.41) is 9.56. The summed E-state index contributed by atoms with van der Waals surface area (Å²) < 4.78 is 5.63. The molecule has 40 heavy (non-hydrogen) atoms. The Hall–Kier alpha value is -3.23. The van der Waals surface area contributed by atoms with E-state index in [9.17, 15) is 19.5 Å². The van der Waals surface area contributed by atoms with Crippen LogP contribution in [0, 0.1) is 0 Å². The number of carbonyl (C=O) groups excluding carboxylic acids is 2. The zero-order valence-corrected chi connectivity index (χ0v) is 23.7. The van der Waals surface area contributed by atoms with Gasteiger partial charge in [-0.15, -0.1) is 0 Å². The Bertz CT molecular complexity index is 1130. The van der Waals surface area contributed by atoms with Crippen molar-refractivity contribution in [1.82, 2.24) is 9.80 Å². The number of fused-ring (bicyclic) bond motifs is 1. The molecule has 4 rings (SSSR count). The zero-order valence-electron chi connectivity index (χ0n) is 23.7. The first-order chi connectivity index (χ1) is 19.4. The van der Waals surface area contributed by atoms with Crippen LogP contribution in [-0.2, 0) is 27.3 Å². The lowest BCUT2D eigenvalue weighted by Crippen LogP contribution is -2.40. The number of ether oxygens (including phenoxy) is 1. The highest BCUT2D eigenvalue weighted by molar-refractivity contribution is 5.98. The maximum Gasteiger partial charge on any atom is 0.323 e. The first kappa shape index (κ1) is 29.7. The van der Waals surface area contributed by atoms with Crippen LogP contribution in [0.15, 0.2) is 48.5 Å². The van der Waals surface area contributed by atoms with Gasteiger partial charge in [-0.1, -0.05) is 49.6 Å². The molecule has 2 aliphatic heterocycles. The molecule has 8 heteroatoms. The van der Waals surface area contributed by atoms with Crippen molar-refractivity contribution in [3.63, 3.8) is 0 Å². The van der Waals surface area contributed by atoms with Crippen LogP contribution in [-0.4, -0.2) is 78.1 Å². The Morgan fingerprint density at radius 3 is 2.35 bits per heavy atom. The summed E-state index contributed by atoms with van der Waals surface area (Å²) >= 11 is 0. The number of aliphatic carboxylic acids is 1. The Kier molecular flexibility index (Phi) is 11.1. The number of hydrogen-bond acceptors (Lipinski definition) is 5. The van der Waals surface area contributed by atoms with Gasteiger partial charge in [0.05, 0.1) is 0 Å². The lowest BCUT2D eigenvalue weighted by Gasteiger charge is -2.36. The standard InChI is InChI=1S/C32H43N3O5/c1-25(36)35-18-9-4-2-3-8-17-33(29-15-20-40-21-16-29)23-28-22-27(12-13-30(28)35)32(39)34(24-31(37)38)19-14-26-10-6-5-7-11-26/h5-7,10-13,22,29H,2-4,8-9,14-21,23-24H2,1H3,(H,37,38). The highest BCUT2D eigenvalue weighted by atomic mass is 16.5. The Morgan fingerprint density at radius 2 is 1.65 bits per heavy atom. The molecule has 1 fully saturated rings. The zero-order chi connectivity index (χ0) is 28.3. The molecule has 0 unspecified atom stereocenters. The number of amides is 2. The van der Waals surface area contributed by atoms with Gasteiger partial charge in [-0.3, -0.25) is 19.3 Å². The minimum absolute atomic E-state index is 0.00892. The number of benzene rings is 2. The number of rotatable bonds is 7.